The lowest BCUT2D eigenvalue weighted by molar-refractivity contribution is 0.147. The van der Waals surface area contributed by atoms with Crippen molar-refractivity contribution in [2.24, 2.45) is 13.0 Å². The second-order valence-electron chi connectivity index (χ2n) is 7.33. The number of hydrogen-bond acceptors (Lipinski definition) is 6. The van der Waals surface area contributed by atoms with Gasteiger partial charge in [0.1, 0.15) is 5.75 Å². The van der Waals surface area contributed by atoms with Crippen molar-refractivity contribution < 1.29 is 14.3 Å². The number of ether oxygens (including phenoxy) is 2. The van der Waals surface area contributed by atoms with Gasteiger partial charge in [0.25, 0.3) is 0 Å². The van der Waals surface area contributed by atoms with Crippen LogP contribution in [0.4, 0.5) is 10.6 Å². The molecule has 1 saturated carbocycles. The highest BCUT2D eigenvalue weighted by molar-refractivity contribution is 5.88. The van der Waals surface area contributed by atoms with E-state index in [-0.39, 0.29) is 12.0 Å². The Balaban J connectivity index is 1.76. The maximum atomic E-state index is 12.0. The quantitative estimate of drug-likeness (QED) is 0.830. The molecule has 1 N–H and O–H groups in total. The predicted molar refractivity (Wildman–Crippen MR) is 102 cm³/mol. The molecule has 0 radical (unpaired) electrons. The van der Waals surface area contributed by atoms with Gasteiger partial charge < -0.3 is 9.47 Å². The minimum absolute atomic E-state index is 0.261. The molecule has 0 atom stereocenters. The van der Waals surface area contributed by atoms with E-state index in [0.29, 0.717) is 23.8 Å². The molecule has 1 amide bonds. The van der Waals surface area contributed by atoms with Crippen LogP contribution in [0.3, 0.4) is 0 Å². The van der Waals surface area contributed by atoms with E-state index in [9.17, 15) is 4.79 Å². The van der Waals surface area contributed by atoms with E-state index in [0.717, 1.165) is 24.3 Å². The number of carbonyl (C=O) groups is 1. The zero-order valence-corrected chi connectivity index (χ0v) is 16.4. The summed E-state index contributed by atoms with van der Waals surface area (Å²) >= 11 is 0. The van der Waals surface area contributed by atoms with E-state index in [1.54, 1.807) is 7.05 Å². The summed E-state index contributed by atoms with van der Waals surface area (Å²) in [6, 6.07) is 3.75. The van der Waals surface area contributed by atoms with Crippen LogP contribution in [0.2, 0.25) is 0 Å². The smallest absolute Gasteiger partial charge is 0.412 e. The van der Waals surface area contributed by atoms with Gasteiger partial charge in [-0.15, -0.1) is 5.10 Å². The van der Waals surface area contributed by atoms with Crippen molar-refractivity contribution in [3.63, 3.8) is 0 Å². The lowest BCUT2D eigenvalue weighted by Crippen LogP contribution is -2.18. The summed E-state index contributed by atoms with van der Waals surface area (Å²) in [5, 5.41) is 10.9. The van der Waals surface area contributed by atoms with Gasteiger partial charge >= 0.3 is 6.09 Å². The minimum Gasteiger partial charge on any atom is -0.489 e. The molecule has 146 valence electrons. The lowest BCUT2D eigenvalue weighted by atomic mass is 10.2. The number of anilines is 1. The van der Waals surface area contributed by atoms with Crippen LogP contribution in [0.15, 0.2) is 12.1 Å². The van der Waals surface area contributed by atoms with Gasteiger partial charge in [0.2, 0.25) is 0 Å². The van der Waals surface area contributed by atoms with Gasteiger partial charge in [-0.05, 0) is 50.7 Å². The first-order chi connectivity index (χ1) is 12.9. The summed E-state index contributed by atoms with van der Waals surface area (Å²) in [5.74, 6) is 1.50. The van der Waals surface area contributed by atoms with E-state index in [4.69, 9.17) is 9.47 Å². The fourth-order valence-corrected chi connectivity index (χ4v) is 3.04. The van der Waals surface area contributed by atoms with Crippen LogP contribution in [0.1, 0.15) is 45.2 Å². The van der Waals surface area contributed by atoms with Gasteiger partial charge in [0, 0.05) is 7.05 Å². The summed E-state index contributed by atoms with van der Waals surface area (Å²) in [6.07, 6.45) is 4.37. The fourth-order valence-electron chi connectivity index (χ4n) is 3.04. The molecule has 1 aliphatic carbocycles. The van der Waals surface area contributed by atoms with Crippen LogP contribution in [0.25, 0.3) is 11.4 Å². The third kappa shape index (κ3) is 4.75. The van der Waals surface area contributed by atoms with Gasteiger partial charge in [-0.25, -0.2) is 14.5 Å². The summed E-state index contributed by atoms with van der Waals surface area (Å²) < 4.78 is 12.7. The zero-order valence-electron chi connectivity index (χ0n) is 16.4. The second-order valence-corrected chi connectivity index (χ2v) is 7.33. The molecule has 8 nitrogen and oxygen atoms in total. The van der Waals surface area contributed by atoms with Gasteiger partial charge in [-0.2, -0.15) is 0 Å². The highest BCUT2D eigenvalue weighted by Gasteiger charge is 2.20. The molecule has 27 heavy (non-hydrogen) atoms. The summed E-state index contributed by atoms with van der Waals surface area (Å²) in [6.45, 7) is 6.21. The number of pyridine rings is 1. The van der Waals surface area contributed by atoms with Gasteiger partial charge in [0.15, 0.2) is 11.5 Å². The first-order valence-corrected chi connectivity index (χ1v) is 9.42. The number of carbonyl (C=O) groups excluding carboxylic acids is 1. The normalized spacial score (nSPS) is 14.6. The zero-order chi connectivity index (χ0) is 19.4. The third-order valence-corrected chi connectivity index (χ3v) is 4.47. The molecular weight excluding hydrogens is 346 g/mol. The molecular formula is C19H27N5O3. The lowest BCUT2D eigenvalue weighted by Gasteiger charge is -2.15. The van der Waals surface area contributed by atoms with Crippen molar-refractivity contribution in [2.75, 3.05) is 11.9 Å². The number of hydrogen-bond donors (Lipinski definition) is 1. The van der Waals surface area contributed by atoms with Crippen LogP contribution >= 0.6 is 0 Å². The maximum Gasteiger partial charge on any atom is 0.412 e. The Labute approximate surface area is 159 Å². The van der Waals surface area contributed by atoms with Crippen LogP contribution in [0.5, 0.6) is 5.75 Å². The monoisotopic (exact) mass is 373 g/mol. The number of rotatable bonds is 6. The standard InChI is InChI=1S/C19H27N5O3/c1-12(2)11-26-19(25)21-18-17(22-23-24(18)4)15-9-10-16(13(3)20-15)27-14-7-5-6-8-14/h9-10,12,14H,5-8,11H2,1-4H3,(H,21,25). The molecule has 0 spiro atoms. The van der Waals surface area contributed by atoms with Crippen molar-refractivity contribution in [2.45, 2.75) is 52.6 Å². The van der Waals surface area contributed by atoms with Gasteiger partial charge in [0.05, 0.1) is 24.1 Å². The van der Waals surface area contributed by atoms with E-state index in [1.807, 2.05) is 32.9 Å². The van der Waals surface area contributed by atoms with Gasteiger partial charge in [-0.3, -0.25) is 5.32 Å². The van der Waals surface area contributed by atoms with Crippen LogP contribution in [-0.4, -0.2) is 38.8 Å². The molecule has 3 rings (SSSR count). The van der Waals surface area contributed by atoms with E-state index in [1.165, 1.54) is 17.5 Å². The molecule has 2 aromatic heterocycles. The summed E-state index contributed by atoms with van der Waals surface area (Å²) in [4.78, 5) is 16.6. The molecule has 0 aliphatic heterocycles. The third-order valence-electron chi connectivity index (χ3n) is 4.47. The number of aryl methyl sites for hydroxylation is 2. The highest BCUT2D eigenvalue weighted by atomic mass is 16.5. The van der Waals surface area contributed by atoms with Crippen molar-refractivity contribution in [1.29, 1.82) is 0 Å². The SMILES string of the molecule is Cc1nc(-c2nnn(C)c2NC(=O)OCC(C)C)ccc1OC1CCCC1. The predicted octanol–water partition coefficient (Wildman–Crippen LogP) is 3.71. The van der Waals surface area contributed by atoms with Crippen molar-refractivity contribution >= 4 is 11.9 Å². The summed E-state index contributed by atoms with van der Waals surface area (Å²) in [7, 11) is 1.71. The Kier molecular flexibility index (Phi) is 5.93. The second kappa shape index (κ2) is 8.37. The Morgan fingerprint density at radius 2 is 2.07 bits per heavy atom. The molecule has 0 unspecified atom stereocenters. The average molecular weight is 373 g/mol. The highest BCUT2D eigenvalue weighted by Crippen LogP contribution is 2.29. The fraction of sp³-hybridized carbons (Fsp3) is 0.579. The molecule has 0 aromatic carbocycles. The average Bonchev–Trinajstić information content (AvgIpc) is 3.26. The molecule has 1 aliphatic rings. The first-order valence-electron chi connectivity index (χ1n) is 9.42. The number of nitrogens with zero attached hydrogens (tertiary/aromatic N) is 4. The topological polar surface area (TPSA) is 91.2 Å². The largest absolute Gasteiger partial charge is 0.489 e. The Bertz CT molecular complexity index is 797. The number of nitrogens with one attached hydrogen (secondary N) is 1. The Hall–Kier alpha value is -2.64. The minimum atomic E-state index is -0.534. The van der Waals surface area contributed by atoms with Crippen LogP contribution < -0.4 is 10.1 Å². The number of aromatic nitrogens is 4. The molecule has 0 saturated heterocycles. The van der Waals surface area contributed by atoms with E-state index < -0.39 is 6.09 Å². The van der Waals surface area contributed by atoms with Crippen LogP contribution in [-0.2, 0) is 11.8 Å². The maximum absolute atomic E-state index is 12.0. The molecule has 8 heteroatoms. The number of amides is 1. The molecule has 2 aromatic rings. The molecule has 0 bridgehead atoms. The molecule has 1 fully saturated rings. The van der Waals surface area contributed by atoms with Gasteiger partial charge in [-0.1, -0.05) is 19.1 Å². The van der Waals surface area contributed by atoms with E-state index >= 15 is 0 Å². The van der Waals surface area contributed by atoms with E-state index in [2.05, 4.69) is 20.6 Å². The Morgan fingerprint density at radius 1 is 1.33 bits per heavy atom. The van der Waals surface area contributed by atoms with Crippen molar-refractivity contribution in [3.05, 3.63) is 17.8 Å². The Morgan fingerprint density at radius 3 is 2.74 bits per heavy atom. The van der Waals surface area contributed by atoms with Crippen molar-refractivity contribution in [1.82, 2.24) is 20.0 Å². The first kappa shape index (κ1) is 19.1. The van der Waals surface area contributed by atoms with Crippen molar-refractivity contribution in [3.8, 4) is 17.1 Å². The summed E-state index contributed by atoms with van der Waals surface area (Å²) in [5.41, 5.74) is 1.91. The molecule has 2 heterocycles. The van der Waals surface area contributed by atoms with Crippen LogP contribution in [0, 0.1) is 12.8 Å².